The zero-order valence-electron chi connectivity index (χ0n) is 34.4. The third kappa shape index (κ3) is 4.61. The Morgan fingerprint density at radius 1 is 0.500 bits per heavy atom. The fourth-order valence-electron chi connectivity index (χ4n) is 6.76. The molecule has 0 fully saturated rings. The van der Waals surface area contributed by atoms with Crippen LogP contribution in [0.1, 0.15) is 11.0 Å². The summed E-state index contributed by atoms with van der Waals surface area (Å²) in [5.41, 5.74) is 7.90. The van der Waals surface area contributed by atoms with Crippen LogP contribution in [0, 0.1) is 0 Å². The van der Waals surface area contributed by atoms with Crippen molar-refractivity contribution in [3.63, 3.8) is 0 Å². The van der Waals surface area contributed by atoms with Crippen LogP contribution in [0.15, 0.2) is 180 Å². The van der Waals surface area contributed by atoms with Gasteiger partial charge in [-0.2, -0.15) is 0 Å². The SMILES string of the molecule is [2H]c1c([2H])c(-c2ncnc3c2oc2ccc(-c4cccc(-c5ccc(-c6ccccc6)cc5)c4)cc23)c([2H])c(-n2c3ccccc3c3c([2H])c([2H])c([2H])c([2H])c32)c1[2H]. The lowest BCUT2D eigenvalue weighted by Crippen LogP contribution is -1.95. The Bertz CT molecular complexity index is 3320. The maximum absolute atomic E-state index is 9.57. The van der Waals surface area contributed by atoms with Crippen molar-refractivity contribution >= 4 is 43.9 Å². The molecule has 0 bridgehead atoms. The Morgan fingerprint density at radius 3 is 2.08 bits per heavy atom. The Hall–Kier alpha value is -6.78. The highest BCUT2D eigenvalue weighted by atomic mass is 16.3. The van der Waals surface area contributed by atoms with Gasteiger partial charge in [0.05, 0.1) is 22.0 Å². The van der Waals surface area contributed by atoms with Crippen LogP contribution in [-0.2, 0) is 0 Å². The smallest absolute Gasteiger partial charge is 0.180 e. The average molecular weight is 648 g/mol. The Labute approximate surface area is 299 Å². The largest absolute Gasteiger partial charge is 0.452 e. The van der Waals surface area contributed by atoms with Crippen molar-refractivity contribution in [2.24, 2.45) is 0 Å². The molecule has 0 atom stereocenters. The zero-order chi connectivity index (χ0) is 40.0. The van der Waals surface area contributed by atoms with Crippen molar-refractivity contribution in [3.05, 3.63) is 176 Å². The van der Waals surface area contributed by atoms with E-state index in [1.54, 1.807) is 24.3 Å². The molecule has 3 aromatic heterocycles. The first kappa shape index (κ1) is 21.2. The molecular formula is C46H29N3O. The molecule has 0 aliphatic heterocycles. The summed E-state index contributed by atoms with van der Waals surface area (Å²) in [6, 6.07) is 36.6. The molecule has 234 valence electrons. The molecule has 4 heteroatoms. The van der Waals surface area contributed by atoms with Gasteiger partial charge >= 0.3 is 0 Å². The van der Waals surface area contributed by atoms with E-state index in [-0.39, 0.29) is 51.6 Å². The standard InChI is InChI=1S/C46H29N3O/c1-2-10-30(11-3-1)31-20-22-32(23-21-31)33-12-8-13-34(26-33)35-24-25-43-40(28-35)45-46(50-43)44(47-29-48-45)36-14-9-15-37(27-36)49-41-18-6-4-16-38(41)39-17-5-7-19-42(39)49/h1-29H/i4D,6D,9D,14D,15D,16D,18D,27D. The number of rotatable bonds is 5. The molecule has 3 heterocycles. The Balaban J connectivity index is 1.12. The average Bonchev–Trinajstić information content (AvgIpc) is 3.81. The van der Waals surface area contributed by atoms with Crippen LogP contribution in [0.2, 0.25) is 0 Å². The van der Waals surface area contributed by atoms with Crippen LogP contribution < -0.4 is 0 Å². The highest BCUT2D eigenvalue weighted by Gasteiger charge is 2.18. The number of fused-ring (bicyclic) bond motifs is 6. The first-order valence-electron chi connectivity index (χ1n) is 20.2. The molecule has 0 saturated heterocycles. The number of hydrogen-bond acceptors (Lipinski definition) is 3. The predicted octanol–water partition coefficient (Wildman–Crippen LogP) is 12.1. The van der Waals surface area contributed by atoms with E-state index < -0.39 is 30.2 Å². The second kappa shape index (κ2) is 11.4. The van der Waals surface area contributed by atoms with Gasteiger partial charge < -0.3 is 8.98 Å². The van der Waals surface area contributed by atoms with Crippen molar-refractivity contribution in [2.45, 2.75) is 0 Å². The van der Waals surface area contributed by atoms with Crippen molar-refractivity contribution in [2.75, 3.05) is 0 Å². The van der Waals surface area contributed by atoms with Gasteiger partial charge in [0.25, 0.3) is 0 Å². The van der Waals surface area contributed by atoms with Crippen LogP contribution in [0.25, 0.3) is 94.2 Å². The first-order valence-corrected chi connectivity index (χ1v) is 16.2. The molecule has 0 unspecified atom stereocenters. The first-order chi connectivity index (χ1) is 28.1. The third-order valence-corrected chi connectivity index (χ3v) is 9.15. The molecule has 0 amide bonds. The highest BCUT2D eigenvalue weighted by Crippen LogP contribution is 2.38. The number of aromatic nitrogens is 3. The van der Waals surface area contributed by atoms with Gasteiger partial charge in [-0.1, -0.05) is 127 Å². The van der Waals surface area contributed by atoms with Crippen molar-refractivity contribution in [3.8, 4) is 50.3 Å². The minimum Gasteiger partial charge on any atom is -0.452 e. The van der Waals surface area contributed by atoms with Crippen LogP contribution in [-0.4, -0.2) is 14.5 Å². The number of furan rings is 1. The van der Waals surface area contributed by atoms with E-state index in [1.807, 2.05) is 48.5 Å². The normalized spacial score (nSPS) is 13.8. The third-order valence-electron chi connectivity index (χ3n) is 9.15. The van der Waals surface area contributed by atoms with Gasteiger partial charge in [-0.05, 0) is 75.8 Å². The summed E-state index contributed by atoms with van der Waals surface area (Å²) >= 11 is 0. The summed E-state index contributed by atoms with van der Waals surface area (Å²) in [5.74, 6) is 0. The van der Waals surface area contributed by atoms with E-state index in [1.165, 1.54) is 10.9 Å². The van der Waals surface area contributed by atoms with Crippen molar-refractivity contribution in [1.82, 2.24) is 14.5 Å². The molecule has 0 aliphatic carbocycles. The second-order valence-electron chi connectivity index (χ2n) is 12.0. The van der Waals surface area contributed by atoms with Gasteiger partial charge in [-0.25, -0.2) is 9.97 Å². The van der Waals surface area contributed by atoms with Crippen molar-refractivity contribution in [1.29, 1.82) is 0 Å². The molecule has 0 N–H and O–H groups in total. The van der Waals surface area contributed by atoms with Gasteiger partial charge in [0.1, 0.15) is 23.1 Å². The lowest BCUT2D eigenvalue weighted by Gasteiger charge is -2.10. The molecule has 0 aliphatic rings. The fourth-order valence-corrected chi connectivity index (χ4v) is 6.76. The summed E-state index contributed by atoms with van der Waals surface area (Å²) in [5, 5.41) is 1.41. The van der Waals surface area contributed by atoms with Gasteiger partial charge in [0, 0.05) is 27.4 Å². The Kier molecular flexibility index (Phi) is 4.86. The van der Waals surface area contributed by atoms with E-state index in [2.05, 4.69) is 58.5 Å². The van der Waals surface area contributed by atoms with Gasteiger partial charge in [0.15, 0.2) is 5.58 Å². The molecule has 10 rings (SSSR count). The number of hydrogen-bond donors (Lipinski definition) is 0. The number of para-hydroxylation sites is 2. The van der Waals surface area contributed by atoms with E-state index in [0.717, 1.165) is 33.4 Å². The van der Waals surface area contributed by atoms with E-state index >= 15 is 0 Å². The summed E-state index contributed by atoms with van der Waals surface area (Å²) in [6.07, 6.45) is 1.33. The van der Waals surface area contributed by atoms with E-state index in [4.69, 9.17) is 14.0 Å². The summed E-state index contributed by atoms with van der Waals surface area (Å²) < 4.78 is 78.9. The lowest BCUT2D eigenvalue weighted by atomic mass is 9.96. The monoisotopic (exact) mass is 647 g/mol. The molecule has 50 heavy (non-hydrogen) atoms. The van der Waals surface area contributed by atoms with Gasteiger partial charge in [-0.3, -0.25) is 0 Å². The molecule has 0 radical (unpaired) electrons. The molecule has 10 aromatic rings. The molecule has 0 saturated carbocycles. The second-order valence-corrected chi connectivity index (χ2v) is 12.0. The quantitative estimate of drug-likeness (QED) is 0.187. The highest BCUT2D eigenvalue weighted by molar-refractivity contribution is 6.10. The van der Waals surface area contributed by atoms with E-state index in [9.17, 15) is 1.37 Å². The Morgan fingerprint density at radius 2 is 1.20 bits per heavy atom. The summed E-state index contributed by atoms with van der Waals surface area (Å²) in [6.45, 7) is 0. The zero-order valence-corrected chi connectivity index (χ0v) is 26.4. The van der Waals surface area contributed by atoms with Gasteiger partial charge in [0.2, 0.25) is 0 Å². The van der Waals surface area contributed by atoms with Gasteiger partial charge in [-0.15, -0.1) is 0 Å². The maximum atomic E-state index is 9.57. The topological polar surface area (TPSA) is 43.9 Å². The maximum Gasteiger partial charge on any atom is 0.180 e. The fraction of sp³-hybridized carbons (Fsp3) is 0. The number of nitrogens with zero attached hydrogens (tertiary/aromatic N) is 3. The minimum atomic E-state index is -0.479. The predicted molar refractivity (Wildman–Crippen MR) is 205 cm³/mol. The molecule has 7 aromatic carbocycles. The van der Waals surface area contributed by atoms with Crippen LogP contribution in [0.3, 0.4) is 0 Å². The number of benzene rings is 7. The lowest BCUT2D eigenvalue weighted by molar-refractivity contribution is 0.667. The summed E-state index contributed by atoms with van der Waals surface area (Å²) in [4.78, 5) is 9.08. The summed E-state index contributed by atoms with van der Waals surface area (Å²) in [7, 11) is 0. The van der Waals surface area contributed by atoms with Crippen LogP contribution in [0.4, 0.5) is 0 Å². The molecule has 4 nitrogen and oxygen atoms in total. The van der Waals surface area contributed by atoms with E-state index in [0.29, 0.717) is 27.4 Å². The molecular weight excluding hydrogens is 611 g/mol. The minimum absolute atomic E-state index is 0.0645. The van der Waals surface area contributed by atoms with Crippen LogP contribution >= 0.6 is 0 Å². The van der Waals surface area contributed by atoms with Crippen LogP contribution in [0.5, 0.6) is 0 Å². The molecule has 0 spiro atoms. The van der Waals surface area contributed by atoms with Crippen molar-refractivity contribution < 1.29 is 15.4 Å².